The Morgan fingerprint density at radius 3 is 2.78 bits per heavy atom. The van der Waals surface area contributed by atoms with E-state index in [1.165, 1.54) is 30.6 Å². The van der Waals surface area contributed by atoms with Crippen LogP contribution in [0.1, 0.15) is 54.4 Å². The zero-order valence-electron chi connectivity index (χ0n) is 15.7. The average Bonchev–Trinajstić information content (AvgIpc) is 3.09. The van der Waals surface area contributed by atoms with Crippen molar-refractivity contribution in [1.82, 2.24) is 15.3 Å². The van der Waals surface area contributed by atoms with E-state index in [9.17, 15) is 9.59 Å². The molecule has 2 aromatic heterocycles. The predicted molar refractivity (Wildman–Crippen MR) is 105 cm³/mol. The minimum atomic E-state index is -0.833. The van der Waals surface area contributed by atoms with E-state index in [-0.39, 0.29) is 5.91 Å². The van der Waals surface area contributed by atoms with Gasteiger partial charge in [0.05, 0.1) is 11.4 Å². The largest absolute Gasteiger partial charge is 0.448 e. The summed E-state index contributed by atoms with van der Waals surface area (Å²) in [6.07, 6.45) is 6.91. The van der Waals surface area contributed by atoms with Crippen molar-refractivity contribution in [2.75, 3.05) is 6.54 Å². The molecule has 1 aliphatic rings. The molecule has 6 nitrogen and oxygen atoms in total. The Bertz CT molecular complexity index is 785. The molecule has 0 bridgehead atoms. The fraction of sp³-hybridized carbons (Fsp3) is 0.500. The van der Waals surface area contributed by atoms with E-state index < -0.39 is 12.1 Å². The van der Waals surface area contributed by atoms with Crippen molar-refractivity contribution in [1.29, 1.82) is 0 Å². The molecule has 1 aliphatic carbocycles. The summed E-state index contributed by atoms with van der Waals surface area (Å²) < 4.78 is 5.37. The number of carbonyl (C=O) groups excluding carboxylic acids is 2. The van der Waals surface area contributed by atoms with E-state index in [1.54, 1.807) is 20.0 Å². The Labute approximate surface area is 163 Å². The van der Waals surface area contributed by atoms with Crippen molar-refractivity contribution in [3.63, 3.8) is 0 Å². The van der Waals surface area contributed by atoms with Crippen molar-refractivity contribution < 1.29 is 14.3 Å². The molecule has 27 heavy (non-hydrogen) atoms. The normalized spacial score (nSPS) is 15.9. The van der Waals surface area contributed by atoms with Crippen LogP contribution in [0.15, 0.2) is 24.4 Å². The lowest BCUT2D eigenvalue weighted by Gasteiger charge is -2.22. The topological polar surface area (TPSA) is 81.2 Å². The molecule has 1 N–H and O–H groups in total. The Morgan fingerprint density at radius 1 is 1.30 bits per heavy atom. The first-order valence-electron chi connectivity index (χ1n) is 9.42. The number of hydrogen-bond donors (Lipinski definition) is 1. The number of aromatic nitrogens is 2. The lowest BCUT2D eigenvalue weighted by molar-refractivity contribution is -0.129. The number of nitrogens with one attached hydrogen (secondary N) is 1. The Kier molecular flexibility index (Phi) is 6.55. The molecular weight excluding hydrogens is 362 g/mol. The highest BCUT2D eigenvalue weighted by Crippen LogP contribution is 2.27. The van der Waals surface area contributed by atoms with Gasteiger partial charge in [-0.05, 0) is 44.7 Å². The summed E-state index contributed by atoms with van der Waals surface area (Å²) in [5.74, 6) is -0.233. The van der Waals surface area contributed by atoms with Gasteiger partial charge in [0.15, 0.2) is 6.10 Å². The summed E-state index contributed by atoms with van der Waals surface area (Å²) in [6, 6.07) is 5.54. The van der Waals surface area contributed by atoms with Gasteiger partial charge in [-0.25, -0.2) is 9.78 Å². The number of amides is 1. The van der Waals surface area contributed by atoms with Gasteiger partial charge in [0.1, 0.15) is 9.88 Å². The molecule has 0 spiro atoms. The van der Waals surface area contributed by atoms with Crippen LogP contribution < -0.4 is 5.32 Å². The molecular formula is C20H25N3O3S. The molecule has 1 amide bonds. The number of rotatable bonds is 6. The highest BCUT2D eigenvalue weighted by atomic mass is 32.1. The third-order valence-corrected chi connectivity index (χ3v) is 5.97. The van der Waals surface area contributed by atoms with Crippen molar-refractivity contribution in [3.05, 3.63) is 35.0 Å². The first-order chi connectivity index (χ1) is 13.0. The number of pyridine rings is 1. The van der Waals surface area contributed by atoms with Crippen LogP contribution in [0, 0.1) is 12.8 Å². The second-order valence-corrected chi connectivity index (χ2v) is 7.94. The SMILES string of the molecule is Cc1nc(-c2ccccn2)sc1C(=O)OC(C)C(=O)NCC1CCCCC1. The van der Waals surface area contributed by atoms with E-state index in [1.807, 2.05) is 18.2 Å². The molecule has 0 aromatic carbocycles. The summed E-state index contributed by atoms with van der Waals surface area (Å²) in [5, 5.41) is 3.58. The van der Waals surface area contributed by atoms with Crippen LogP contribution in [-0.4, -0.2) is 34.5 Å². The van der Waals surface area contributed by atoms with E-state index in [0.29, 0.717) is 33.7 Å². The number of aryl methyl sites for hydroxylation is 1. The third kappa shape index (κ3) is 5.13. The van der Waals surface area contributed by atoms with Gasteiger partial charge in [0, 0.05) is 12.7 Å². The molecule has 0 saturated heterocycles. The van der Waals surface area contributed by atoms with E-state index in [0.717, 1.165) is 12.8 Å². The van der Waals surface area contributed by atoms with E-state index >= 15 is 0 Å². The molecule has 1 unspecified atom stereocenters. The summed E-state index contributed by atoms with van der Waals surface area (Å²) in [4.78, 5) is 33.8. The summed E-state index contributed by atoms with van der Waals surface area (Å²) >= 11 is 1.23. The van der Waals surface area contributed by atoms with Gasteiger partial charge in [-0.2, -0.15) is 0 Å². The predicted octanol–water partition coefficient (Wildman–Crippen LogP) is 3.76. The number of carbonyl (C=O) groups is 2. The summed E-state index contributed by atoms with van der Waals surface area (Å²) in [5.41, 5.74) is 1.29. The smallest absolute Gasteiger partial charge is 0.351 e. The van der Waals surface area contributed by atoms with Crippen LogP contribution in [0.25, 0.3) is 10.7 Å². The highest BCUT2D eigenvalue weighted by molar-refractivity contribution is 7.17. The number of esters is 1. The van der Waals surface area contributed by atoms with Gasteiger partial charge in [-0.1, -0.05) is 25.3 Å². The van der Waals surface area contributed by atoms with Crippen LogP contribution in [0.2, 0.25) is 0 Å². The quantitative estimate of drug-likeness (QED) is 0.764. The number of nitrogens with zero attached hydrogens (tertiary/aromatic N) is 2. The molecule has 2 heterocycles. The molecule has 1 atom stereocenters. The molecule has 3 rings (SSSR count). The second kappa shape index (κ2) is 9.08. The van der Waals surface area contributed by atoms with Gasteiger partial charge in [-0.3, -0.25) is 9.78 Å². The van der Waals surface area contributed by atoms with Crippen LogP contribution in [0.3, 0.4) is 0 Å². The standard InChI is InChI=1S/C20H25N3O3S/c1-13-17(27-19(23-13)16-10-6-7-11-21-16)20(25)26-14(2)18(24)22-12-15-8-4-3-5-9-15/h6-7,10-11,14-15H,3-5,8-9,12H2,1-2H3,(H,22,24). The van der Waals surface area contributed by atoms with Crippen LogP contribution in [0.4, 0.5) is 0 Å². The fourth-order valence-corrected chi connectivity index (χ4v) is 4.16. The number of ether oxygens (including phenoxy) is 1. The maximum Gasteiger partial charge on any atom is 0.351 e. The minimum absolute atomic E-state index is 0.249. The highest BCUT2D eigenvalue weighted by Gasteiger charge is 2.24. The van der Waals surface area contributed by atoms with Crippen LogP contribution in [-0.2, 0) is 9.53 Å². The lowest BCUT2D eigenvalue weighted by atomic mass is 9.89. The molecule has 2 aromatic rings. The molecule has 144 valence electrons. The van der Waals surface area contributed by atoms with Crippen molar-refractivity contribution in [2.45, 2.75) is 52.1 Å². The maximum absolute atomic E-state index is 12.5. The van der Waals surface area contributed by atoms with Crippen molar-refractivity contribution >= 4 is 23.2 Å². The first kappa shape index (κ1) is 19.5. The van der Waals surface area contributed by atoms with Crippen molar-refractivity contribution in [2.24, 2.45) is 5.92 Å². The van der Waals surface area contributed by atoms with Gasteiger partial charge >= 0.3 is 5.97 Å². The Balaban J connectivity index is 1.56. The molecule has 0 radical (unpaired) electrons. The average molecular weight is 388 g/mol. The van der Waals surface area contributed by atoms with Crippen LogP contribution >= 0.6 is 11.3 Å². The van der Waals surface area contributed by atoms with Gasteiger partial charge < -0.3 is 10.1 Å². The number of hydrogen-bond acceptors (Lipinski definition) is 6. The lowest BCUT2D eigenvalue weighted by Crippen LogP contribution is -2.38. The zero-order chi connectivity index (χ0) is 19.2. The Hall–Kier alpha value is -2.28. The van der Waals surface area contributed by atoms with Crippen LogP contribution in [0.5, 0.6) is 0 Å². The maximum atomic E-state index is 12.5. The van der Waals surface area contributed by atoms with E-state index in [4.69, 9.17) is 4.74 Å². The monoisotopic (exact) mass is 387 g/mol. The summed E-state index contributed by atoms with van der Waals surface area (Å²) in [7, 11) is 0. The third-order valence-electron chi connectivity index (χ3n) is 4.81. The molecule has 1 fully saturated rings. The molecule has 0 aliphatic heterocycles. The molecule has 7 heteroatoms. The number of thiazole rings is 1. The van der Waals surface area contributed by atoms with Gasteiger partial charge in [-0.15, -0.1) is 11.3 Å². The Morgan fingerprint density at radius 2 is 2.07 bits per heavy atom. The summed E-state index contributed by atoms with van der Waals surface area (Å²) in [6.45, 7) is 4.02. The zero-order valence-corrected chi connectivity index (χ0v) is 16.6. The fourth-order valence-electron chi connectivity index (χ4n) is 3.23. The van der Waals surface area contributed by atoms with Gasteiger partial charge in [0.2, 0.25) is 0 Å². The minimum Gasteiger partial charge on any atom is -0.448 e. The van der Waals surface area contributed by atoms with Crippen molar-refractivity contribution in [3.8, 4) is 10.7 Å². The van der Waals surface area contributed by atoms with E-state index in [2.05, 4.69) is 15.3 Å². The second-order valence-electron chi connectivity index (χ2n) is 6.95. The molecule has 1 saturated carbocycles. The first-order valence-corrected chi connectivity index (χ1v) is 10.2. The van der Waals surface area contributed by atoms with Gasteiger partial charge in [0.25, 0.3) is 5.91 Å².